The van der Waals surface area contributed by atoms with Crippen molar-refractivity contribution in [3.05, 3.63) is 7.11 Å². The Morgan fingerprint density at radius 3 is 2.58 bits per heavy atom. The molecule has 0 N–H and O–H groups in total. The van der Waals surface area contributed by atoms with Crippen LogP contribution in [-0.4, -0.2) is 24.6 Å². The van der Waals surface area contributed by atoms with Crippen molar-refractivity contribution in [1.82, 2.24) is 4.90 Å². The van der Waals surface area contributed by atoms with Gasteiger partial charge in [0.05, 0.1) is 0 Å². The quantitative estimate of drug-likeness (QED) is 0.596. The van der Waals surface area contributed by atoms with Crippen LogP contribution in [0.1, 0.15) is 32.6 Å². The van der Waals surface area contributed by atoms with E-state index in [-0.39, 0.29) is 6.09 Å². The molecule has 1 amide bonds. The molecule has 0 aromatic heterocycles. The molecule has 12 heavy (non-hydrogen) atoms. The second-order valence-corrected chi connectivity index (χ2v) is 2.89. The molecule has 0 unspecified atom stereocenters. The van der Waals surface area contributed by atoms with Crippen molar-refractivity contribution in [1.29, 1.82) is 0 Å². The SMILES string of the molecule is [CH2]OC(=O)N(C)CCCCCC. The van der Waals surface area contributed by atoms with Gasteiger partial charge in [-0.05, 0) is 6.42 Å². The number of ether oxygens (including phenoxy) is 1. The Balaban J connectivity index is 3.31. The van der Waals surface area contributed by atoms with Gasteiger partial charge in [-0.2, -0.15) is 0 Å². The highest BCUT2D eigenvalue weighted by Crippen LogP contribution is 2.00. The zero-order valence-electron chi connectivity index (χ0n) is 8.01. The predicted octanol–water partition coefficient (Wildman–Crippen LogP) is 2.43. The molecule has 0 aromatic rings. The zero-order valence-corrected chi connectivity index (χ0v) is 8.01. The molecule has 0 fully saturated rings. The van der Waals surface area contributed by atoms with Gasteiger partial charge in [-0.15, -0.1) is 0 Å². The molecule has 0 rings (SSSR count). The van der Waals surface area contributed by atoms with Crippen LogP contribution in [0.25, 0.3) is 0 Å². The summed E-state index contributed by atoms with van der Waals surface area (Å²) >= 11 is 0. The van der Waals surface area contributed by atoms with Crippen LogP contribution in [0.3, 0.4) is 0 Å². The van der Waals surface area contributed by atoms with Crippen LogP contribution in [0, 0.1) is 7.11 Å². The minimum atomic E-state index is -0.355. The fraction of sp³-hybridized carbons (Fsp3) is 0.778. The van der Waals surface area contributed by atoms with Crippen molar-refractivity contribution in [2.45, 2.75) is 32.6 Å². The maximum atomic E-state index is 10.8. The normalized spacial score (nSPS) is 9.58. The van der Waals surface area contributed by atoms with E-state index in [1.165, 1.54) is 19.3 Å². The topological polar surface area (TPSA) is 29.5 Å². The van der Waals surface area contributed by atoms with Gasteiger partial charge < -0.3 is 9.64 Å². The zero-order chi connectivity index (χ0) is 9.40. The Morgan fingerprint density at radius 1 is 1.42 bits per heavy atom. The molecule has 71 valence electrons. The van der Waals surface area contributed by atoms with Gasteiger partial charge in [0.25, 0.3) is 0 Å². The molecule has 0 heterocycles. The van der Waals surface area contributed by atoms with Crippen molar-refractivity contribution in [2.24, 2.45) is 0 Å². The number of carbonyl (C=O) groups excluding carboxylic acids is 1. The average molecular weight is 172 g/mol. The molecule has 0 aromatic carbocycles. The van der Waals surface area contributed by atoms with E-state index in [0.717, 1.165) is 13.0 Å². The molecule has 0 atom stereocenters. The van der Waals surface area contributed by atoms with E-state index in [9.17, 15) is 4.79 Å². The predicted molar refractivity (Wildman–Crippen MR) is 48.6 cm³/mol. The molecule has 3 heteroatoms. The highest BCUT2D eigenvalue weighted by atomic mass is 16.5. The first kappa shape index (κ1) is 11.3. The Kier molecular flexibility index (Phi) is 6.53. The molecule has 0 saturated heterocycles. The van der Waals surface area contributed by atoms with E-state index in [1.807, 2.05) is 0 Å². The Hall–Kier alpha value is -0.730. The summed E-state index contributed by atoms with van der Waals surface area (Å²) in [5.41, 5.74) is 0. The molecule has 0 aliphatic rings. The Morgan fingerprint density at radius 2 is 2.08 bits per heavy atom. The van der Waals surface area contributed by atoms with Gasteiger partial charge in [-0.1, -0.05) is 26.2 Å². The lowest BCUT2D eigenvalue weighted by atomic mass is 10.2. The van der Waals surface area contributed by atoms with Crippen LogP contribution in [0.15, 0.2) is 0 Å². The fourth-order valence-electron chi connectivity index (χ4n) is 0.977. The monoisotopic (exact) mass is 172 g/mol. The molecule has 0 spiro atoms. The van der Waals surface area contributed by atoms with Crippen LogP contribution < -0.4 is 0 Å². The van der Waals surface area contributed by atoms with Crippen LogP contribution in [0.5, 0.6) is 0 Å². The average Bonchev–Trinajstić information content (AvgIpc) is 2.10. The highest BCUT2D eigenvalue weighted by Gasteiger charge is 2.05. The number of amides is 1. The second kappa shape index (κ2) is 6.95. The van der Waals surface area contributed by atoms with E-state index >= 15 is 0 Å². The number of hydrogen-bond donors (Lipinski definition) is 0. The molecule has 1 radical (unpaired) electrons. The van der Waals surface area contributed by atoms with Crippen molar-refractivity contribution in [3.63, 3.8) is 0 Å². The van der Waals surface area contributed by atoms with Gasteiger partial charge >= 0.3 is 6.09 Å². The largest absolute Gasteiger partial charge is 0.446 e. The van der Waals surface area contributed by atoms with Gasteiger partial charge in [-0.25, -0.2) is 4.79 Å². The van der Waals surface area contributed by atoms with E-state index in [2.05, 4.69) is 18.8 Å². The third kappa shape index (κ3) is 4.99. The molecule has 0 saturated carbocycles. The molecule has 0 bridgehead atoms. The van der Waals surface area contributed by atoms with Crippen molar-refractivity contribution in [2.75, 3.05) is 13.6 Å². The number of carbonyl (C=O) groups is 1. The summed E-state index contributed by atoms with van der Waals surface area (Å²) in [6.07, 6.45) is 4.30. The molecular weight excluding hydrogens is 154 g/mol. The fourth-order valence-corrected chi connectivity index (χ4v) is 0.977. The van der Waals surface area contributed by atoms with Crippen molar-refractivity contribution in [3.8, 4) is 0 Å². The maximum Gasteiger partial charge on any atom is 0.409 e. The molecule has 0 aliphatic carbocycles. The molecule has 0 aliphatic heterocycles. The van der Waals surface area contributed by atoms with E-state index in [1.54, 1.807) is 11.9 Å². The Labute approximate surface area is 74.7 Å². The van der Waals surface area contributed by atoms with E-state index in [0.29, 0.717) is 0 Å². The number of nitrogens with zero attached hydrogens (tertiary/aromatic N) is 1. The standard InChI is InChI=1S/C9H18NO2/c1-4-5-6-7-8-10(2)9(11)12-3/h3-8H2,1-2H3. The van der Waals surface area contributed by atoms with Crippen LogP contribution in [-0.2, 0) is 4.74 Å². The Bertz CT molecular complexity index is 126. The summed E-state index contributed by atoms with van der Waals surface area (Å²) in [5, 5.41) is 0. The number of hydrogen-bond acceptors (Lipinski definition) is 2. The van der Waals surface area contributed by atoms with Crippen LogP contribution >= 0.6 is 0 Å². The second-order valence-electron chi connectivity index (χ2n) is 2.89. The molecular formula is C9H18NO2. The van der Waals surface area contributed by atoms with Gasteiger partial charge in [0.1, 0.15) is 7.11 Å². The van der Waals surface area contributed by atoms with Crippen molar-refractivity contribution >= 4 is 6.09 Å². The van der Waals surface area contributed by atoms with Crippen molar-refractivity contribution < 1.29 is 9.53 Å². The first-order valence-electron chi connectivity index (χ1n) is 4.39. The van der Waals surface area contributed by atoms with E-state index < -0.39 is 0 Å². The van der Waals surface area contributed by atoms with Gasteiger partial charge in [-0.3, -0.25) is 0 Å². The minimum Gasteiger partial charge on any atom is -0.446 e. The van der Waals surface area contributed by atoms with Gasteiger partial charge in [0.2, 0.25) is 0 Å². The first-order valence-corrected chi connectivity index (χ1v) is 4.39. The summed E-state index contributed by atoms with van der Waals surface area (Å²) in [4.78, 5) is 12.4. The minimum absolute atomic E-state index is 0.355. The number of rotatable bonds is 5. The summed E-state index contributed by atoms with van der Waals surface area (Å²) in [6, 6.07) is 0. The third-order valence-corrected chi connectivity index (χ3v) is 1.78. The lowest BCUT2D eigenvalue weighted by Gasteiger charge is -2.14. The first-order chi connectivity index (χ1) is 5.72. The van der Waals surface area contributed by atoms with Crippen LogP contribution in [0.4, 0.5) is 4.79 Å². The smallest absolute Gasteiger partial charge is 0.409 e. The summed E-state index contributed by atoms with van der Waals surface area (Å²) in [7, 11) is 4.78. The summed E-state index contributed by atoms with van der Waals surface area (Å²) < 4.78 is 4.31. The highest BCUT2D eigenvalue weighted by molar-refractivity contribution is 5.67. The molecule has 3 nitrogen and oxygen atoms in total. The summed E-state index contributed by atoms with van der Waals surface area (Å²) in [6.45, 7) is 2.92. The summed E-state index contributed by atoms with van der Waals surface area (Å²) in [5.74, 6) is 0. The van der Waals surface area contributed by atoms with Crippen LogP contribution in [0.2, 0.25) is 0 Å². The maximum absolute atomic E-state index is 10.8. The lowest BCUT2D eigenvalue weighted by molar-refractivity contribution is 0.144. The third-order valence-electron chi connectivity index (χ3n) is 1.78. The van der Waals surface area contributed by atoms with E-state index in [4.69, 9.17) is 0 Å². The van der Waals surface area contributed by atoms with Gasteiger partial charge in [0, 0.05) is 13.6 Å². The van der Waals surface area contributed by atoms with Gasteiger partial charge in [0.15, 0.2) is 0 Å². The lowest BCUT2D eigenvalue weighted by Crippen LogP contribution is -2.26. The number of unbranched alkanes of at least 4 members (excludes halogenated alkanes) is 3.